The van der Waals surface area contributed by atoms with E-state index in [4.69, 9.17) is 4.42 Å². The Kier molecular flexibility index (Phi) is 5.84. The Hall–Kier alpha value is -3.94. The maximum Gasteiger partial charge on any atom is 0.135 e. The van der Waals surface area contributed by atoms with Crippen LogP contribution in [0.2, 0.25) is 0 Å². The molecule has 1 heteroatoms. The maximum atomic E-state index is 5.74. The Labute approximate surface area is 178 Å². The van der Waals surface area contributed by atoms with E-state index in [0.717, 1.165) is 33.2 Å². The van der Waals surface area contributed by atoms with Gasteiger partial charge in [0.15, 0.2) is 0 Å². The largest absolute Gasteiger partial charge is 0.464 e. The summed E-state index contributed by atoms with van der Waals surface area (Å²) < 4.78 is 5.74. The minimum absolute atomic E-state index is 0.695. The van der Waals surface area contributed by atoms with Gasteiger partial charge < -0.3 is 4.42 Å². The van der Waals surface area contributed by atoms with Crippen LogP contribution in [0.1, 0.15) is 39.8 Å². The van der Waals surface area contributed by atoms with Crippen LogP contribution in [0.15, 0.2) is 83.5 Å². The second kappa shape index (κ2) is 9.04. The van der Waals surface area contributed by atoms with Gasteiger partial charge in [0.2, 0.25) is 0 Å². The van der Waals surface area contributed by atoms with Crippen LogP contribution in [0, 0.1) is 37.5 Å². The predicted octanol–water partition coefficient (Wildman–Crippen LogP) is 6.90. The van der Waals surface area contributed by atoms with Gasteiger partial charge in [-0.2, -0.15) is 0 Å². The first-order valence-corrected chi connectivity index (χ1v) is 9.99. The normalized spacial score (nSPS) is 10.5. The number of fused-ring (bicyclic) bond motifs is 1. The number of benzene rings is 3. The lowest BCUT2D eigenvalue weighted by Gasteiger charge is -1.94. The van der Waals surface area contributed by atoms with Crippen molar-refractivity contribution in [3.63, 3.8) is 0 Å². The van der Waals surface area contributed by atoms with E-state index in [1.54, 1.807) is 6.26 Å². The van der Waals surface area contributed by atoms with Gasteiger partial charge in [0.1, 0.15) is 5.58 Å². The van der Waals surface area contributed by atoms with E-state index in [1.807, 2.05) is 24.3 Å². The van der Waals surface area contributed by atoms with E-state index >= 15 is 0 Å². The molecule has 0 aliphatic rings. The van der Waals surface area contributed by atoms with Gasteiger partial charge in [0.25, 0.3) is 0 Å². The molecule has 0 saturated heterocycles. The van der Waals surface area contributed by atoms with Crippen LogP contribution in [0.25, 0.3) is 17.0 Å². The Morgan fingerprint density at radius 2 is 1.33 bits per heavy atom. The fourth-order valence-corrected chi connectivity index (χ4v) is 3.07. The van der Waals surface area contributed by atoms with Gasteiger partial charge >= 0.3 is 0 Å². The van der Waals surface area contributed by atoms with E-state index < -0.39 is 0 Å². The predicted molar refractivity (Wildman–Crippen MR) is 125 cm³/mol. The van der Waals surface area contributed by atoms with Gasteiger partial charge in [-0.05, 0) is 56.3 Å². The monoisotopic (exact) mass is 386 g/mol. The highest BCUT2D eigenvalue weighted by Crippen LogP contribution is 2.23. The Morgan fingerprint density at radius 1 is 0.733 bits per heavy atom. The fourth-order valence-electron chi connectivity index (χ4n) is 3.07. The second-order valence-corrected chi connectivity index (χ2v) is 7.29. The number of allylic oxidation sites excluding steroid dienone is 1. The van der Waals surface area contributed by atoms with Gasteiger partial charge in [-0.3, -0.25) is 0 Å². The molecule has 0 saturated carbocycles. The van der Waals surface area contributed by atoms with E-state index in [9.17, 15) is 0 Å². The summed E-state index contributed by atoms with van der Waals surface area (Å²) in [5.74, 6) is 12.8. The summed E-state index contributed by atoms with van der Waals surface area (Å²) in [6, 6.07) is 22.6. The third kappa shape index (κ3) is 4.91. The summed E-state index contributed by atoms with van der Waals surface area (Å²) >= 11 is 0. The number of aryl methyl sites for hydroxylation is 2. The molecule has 1 aromatic heterocycles. The van der Waals surface area contributed by atoms with Crippen LogP contribution in [-0.2, 0) is 0 Å². The van der Waals surface area contributed by atoms with Gasteiger partial charge in [0, 0.05) is 34.1 Å². The molecule has 0 unspecified atom stereocenters. The molecule has 0 bridgehead atoms. The van der Waals surface area contributed by atoms with Gasteiger partial charge in [-0.15, -0.1) is 0 Å². The first kappa shape index (κ1) is 19.4. The average molecular weight is 386 g/mol. The molecule has 0 fully saturated rings. The summed E-state index contributed by atoms with van der Waals surface area (Å²) in [7, 11) is 0. The van der Waals surface area contributed by atoms with Crippen LogP contribution in [0.4, 0.5) is 0 Å². The van der Waals surface area contributed by atoms with Crippen LogP contribution < -0.4 is 0 Å². The van der Waals surface area contributed by atoms with E-state index in [2.05, 4.69) is 92.1 Å². The van der Waals surface area contributed by atoms with Crippen molar-refractivity contribution in [3.05, 3.63) is 112 Å². The molecule has 0 N–H and O–H groups in total. The lowest BCUT2D eigenvalue weighted by Crippen LogP contribution is -1.78. The smallest absolute Gasteiger partial charge is 0.135 e. The van der Waals surface area contributed by atoms with E-state index in [1.165, 1.54) is 11.1 Å². The van der Waals surface area contributed by atoms with Crippen molar-refractivity contribution in [2.24, 2.45) is 0 Å². The van der Waals surface area contributed by atoms with E-state index in [-0.39, 0.29) is 0 Å². The number of hydrogen-bond acceptors (Lipinski definition) is 1. The summed E-state index contributed by atoms with van der Waals surface area (Å²) in [6.07, 6.45) is 6.61. The average Bonchev–Trinajstić information content (AvgIpc) is 3.17. The zero-order valence-electron chi connectivity index (χ0n) is 17.2. The molecule has 3 aromatic carbocycles. The summed E-state index contributed by atoms with van der Waals surface area (Å²) in [5.41, 5.74) is 7.38. The molecule has 0 spiro atoms. The minimum atomic E-state index is 0.695. The second-order valence-electron chi connectivity index (χ2n) is 7.29. The van der Waals surface area contributed by atoms with Crippen molar-refractivity contribution in [3.8, 4) is 23.7 Å². The van der Waals surface area contributed by atoms with Crippen LogP contribution in [0.3, 0.4) is 0 Å². The third-order valence-electron chi connectivity index (χ3n) is 4.81. The summed E-state index contributed by atoms with van der Waals surface area (Å²) in [5, 5.41) is 1.08. The number of hydrogen-bond donors (Lipinski definition) is 0. The zero-order chi connectivity index (χ0) is 20.8. The van der Waals surface area contributed by atoms with Crippen molar-refractivity contribution in [1.82, 2.24) is 0 Å². The van der Waals surface area contributed by atoms with Crippen molar-refractivity contribution < 1.29 is 4.42 Å². The SMILES string of the molecule is Cc1ccc(C#CC/C=C\c2coc3cc(C#Cc4ccc(C)cc4)ccc23)cc1. The molecule has 0 atom stereocenters. The molecule has 0 amide bonds. The highest BCUT2D eigenvalue weighted by atomic mass is 16.3. The first-order chi connectivity index (χ1) is 14.7. The molecule has 0 radical (unpaired) electrons. The molecular formula is C29H22O. The number of furan rings is 1. The van der Waals surface area contributed by atoms with Gasteiger partial charge in [-0.1, -0.05) is 71.2 Å². The standard InChI is InChI=1S/C29H22O/c1-22-8-12-24(13-9-22)6-4-3-5-7-27-21-30-29-20-26(18-19-28(27)29)17-16-25-14-10-23(2)11-15-25/h5,7-15,18-21H,3H2,1-2H3/b7-5-. The Balaban J connectivity index is 1.44. The molecule has 144 valence electrons. The van der Waals surface area contributed by atoms with E-state index in [0.29, 0.717) is 6.42 Å². The zero-order valence-corrected chi connectivity index (χ0v) is 17.2. The van der Waals surface area contributed by atoms with Gasteiger partial charge in [-0.25, -0.2) is 0 Å². The Morgan fingerprint density at radius 3 is 2.03 bits per heavy atom. The lowest BCUT2D eigenvalue weighted by atomic mass is 10.1. The molecule has 1 nitrogen and oxygen atoms in total. The maximum absolute atomic E-state index is 5.74. The van der Waals surface area contributed by atoms with Crippen LogP contribution >= 0.6 is 0 Å². The molecule has 4 rings (SSSR count). The first-order valence-electron chi connectivity index (χ1n) is 9.99. The molecule has 0 aliphatic heterocycles. The highest BCUT2D eigenvalue weighted by Gasteiger charge is 2.03. The molecule has 1 heterocycles. The van der Waals surface area contributed by atoms with Crippen molar-refractivity contribution in [2.45, 2.75) is 20.3 Å². The number of rotatable bonds is 2. The van der Waals surface area contributed by atoms with Crippen molar-refractivity contribution >= 4 is 17.0 Å². The van der Waals surface area contributed by atoms with Crippen molar-refractivity contribution in [2.75, 3.05) is 0 Å². The van der Waals surface area contributed by atoms with Crippen LogP contribution in [0.5, 0.6) is 0 Å². The van der Waals surface area contributed by atoms with Gasteiger partial charge in [0.05, 0.1) is 6.26 Å². The fraction of sp³-hybridized carbons (Fsp3) is 0.103. The van der Waals surface area contributed by atoms with Crippen molar-refractivity contribution in [1.29, 1.82) is 0 Å². The topological polar surface area (TPSA) is 13.1 Å². The summed E-state index contributed by atoms with van der Waals surface area (Å²) in [6.45, 7) is 4.15. The highest BCUT2D eigenvalue weighted by molar-refractivity contribution is 5.88. The minimum Gasteiger partial charge on any atom is -0.464 e. The Bertz CT molecular complexity index is 1310. The molecule has 30 heavy (non-hydrogen) atoms. The quantitative estimate of drug-likeness (QED) is 0.341. The molecule has 0 aliphatic carbocycles. The summed E-state index contributed by atoms with van der Waals surface area (Å²) in [4.78, 5) is 0. The van der Waals surface area contributed by atoms with Crippen LogP contribution in [-0.4, -0.2) is 0 Å². The molecule has 4 aromatic rings. The third-order valence-corrected chi connectivity index (χ3v) is 4.81. The lowest BCUT2D eigenvalue weighted by molar-refractivity contribution is 0.615. The molecular weight excluding hydrogens is 364 g/mol.